The van der Waals surface area contributed by atoms with E-state index in [1.165, 1.54) is 0 Å². The molecule has 10 heteroatoms. The van der Waals surface area contributed by atoms with Gasteiger partial charge in [-0.2, -0.15) is 30.7 Å². The van der Waals surface area contributed by atoms with E-state index in [9.17, 15) is 30.7 Å². The van der Waals surface area contributed by atoms with Crippen LogP contribution in [0.2, 0.25) is 0 Å². The van der Waals surface area contributed by atoms with Crippen molar-refractivity contribution < 1.29 is 35.5 Å². The van der Waals surface area contributed by atoms with Crippen molar-refractivity contribution in [3.8, 4) is 0 Å². The molecule has 0 N–H and O–H groups in total. The van der Waals surface area contributed by atoms with Gasteiger partial charge in [0.2, 0.25) is 5.02 Å². The third-order valence-corrected chi connectivity index (χ3v) is 1.14. The molecule has 0 amide bonds. The first-order chi connectivity index (χ1) is 5.92. The first-order valence-corrected chi connectivity index (χ1v) is 3.57. The molecule has 0 saturated carbocycles. The monoisotopic (exact) mass is 268 g/mol. The molecule has 0 spiro atoms. The molecule has 0 heterocycles. The van der Waals surface area contributed by atoms with Crippen LogP contribution in [0.15, 0.2) is 0 Å². The van der Waals surface area contributed by atoms with E-state index in [0.717, 1.165) is 0 Å². The van der Waals surface area contributed by atoms with E-state index in [4.69, 9.17) is 0 Å². The van der Waals surface area contributed by atoms with E-state index in [-0.39, 0.29) is 0 Å². The van der Waals surface area contributed by atoms with E-state index in [1.54, 1.807) is 0 Å². The Morgan fingerprint density at radius 3 is 1.43 bits per heavy atom. The lowest BCUT2D eigenvalue weighted by Crippen LogP contribution is -2.53. The summed E-state index contributed by atoms with van der Waals surface area (Å²) in [6, 6.07) is 0. The topological polar surface area (TPSA) is 9.23 Å². The van der Waals surface area contributed by atoms with Gasteiger partial charge in [-0.25, -0.2) is 0 Å². The second kappa shape index (κ2) is 3.90. The van der Waals surface area contributed by atoms with Crippen LogP contribution in [0.4, 0.5) is 30.7 Å². The van der Waals surface area contributed by atoms with Gasteiger partial charge in [0, 0.05) is 0 Å². The Hall–Kier alpha value is 0.0500. The van der Waals surface area contributed by atoms with Crippen molar-refractivity contribution in [2.24, 2.45) is 0 Å². The average Bonchev–Trinajstić information content (AvgIpc) is 1.80. The molecule has 0 aliphatic rings. The van der Waals surface area contributed by atoms with Crippen LogP contribution in [0.3, 0.4) is 0 Å². The first kappa shape index (κ1) is 14.1. The molecular weight excluding hydrogens is 268 g/mol. The summed E-state index contributed by atoms with van der Waals surface area (Å²) in [5, 5.41) is -2.50. The van der Waals surface area contributed by atoms with Crippen LogP contribution in [0.1, 0.15) is 0 Å². The smallest absolute Gasteiger partial charge is 0.281 e. The number of hydrogen-bond donors (Lipinski definition) is 0. The van der Waals surface area contributed by atoms with Gasteiger partial charge < -0.3 is 0 Å². The maximum atomic E-state index is 12.1. The molecule has 86 valence electrons. The van der Waals surface area contributed by atoms with Gasteiger partial charge in [-0.05, 0) is 0 Å². The Morgan fingerprint density at radius 2 is 1.21 bits per heavy atom. The van der Waals surface area contributed by atoms with Crippen molar-refractivity contribution in [3.05, 3.63) is 0 Å². The minimum Gasteiger partial charge on any atom is -0.281 e. The molecule has 0 aromatic heterocycles. The van der Waals surface area contributed by atoms with Crippen LogP contribution < -0.4 is 0 Å². The number of rotatable bonds is 3. The standard InChI is InChI=1S/C4HCl2F7O/c5-1(6)14-4(12,13)2(7,8)3(9,10)11/h1H. The Kier molecular flexibility index (Phi) is 3.91. The molecule has 0 radical (unpaired) electrons. The molecule has 0 atom stereocenters. The van der Waals surface area contributed by atoms with E-state index in [0.29, 0.717) is 0 Å². The number of halogens is 9. The van der Waals surface area contributed by atoms with E-state index in [2.05, 4.69) is 27.9 Å². The third kappa shape index (κ3) is 2.77. The van der Waals surface area contributed by atoms with Gasteiger partial charge in [0.1, 0.15) is 0 Å². The Morgan fingerprint density at radius 1 is 0.857 bits per heavy atom. The lowest BCUT2D eigenvalue weighted by molar-refractivity contribution is -0.423. The molecule has 14 heavy (non-hydrogen) atoms. The van der Waals surface area contributed by atoms with Gasteiger partial charge in [0.15, 0.2) is 0 Å². The SMILES string of the molecule is FC(F)(F)C(F)(F)C(F)(F)OC(Cl)Cl. The van der Waals surface area contributed by atoms with Crippen molar-refractivity contribution in [1.29, 1.82) is 0 Å². The summed E-state index contributed by atoms with van der Waals surface area (Å²) in [6.45, 7) is 0. The molecule has 0 fully saturated rings. The van der Waals surface area contributed by atoms with Crippen molar-refractivity contribution in [2.45, 2.75) is 23.2 Å². The quantitative estimate of drug-likeness (QED) is 0.562. The number of hydrogen-bond acceptors (Lipinski definition) is 1. The molecule has 0 aromatic rings. The fraction of sp³-hybridized carbons (Fsp3) is 1.00. The van der Waals surface area contributed by atoms with E-state index < -0.39 is 23.2 Å². The lowest BCUT2D eigenvalue weighted by Gasteiger charge is -2.27. The zero-order chi connectivity index (χ0) is 11.8. The molecule has 0 bridgehead atoms. The van der Waals surface area contributed by atoms with Gasteiger partial charge in [0.25, 0.3) is 0 Å². The normalized spacial score (nSPS) is 15.0. The minimum atomic E-state index is -6.46. The van der Waals surface area contributed by atoms with Crippen molar-refractivity contribution in [2.75, 3.05) is 0 Å². The summed E-state index contributed by atoms with van der Waals surface area (Å²) in [5.41, 5.74) is 0. The summed E-state index contributed by atoms with van der Waals surface area (Å²) < 4.78 is 85.0. The fourth-order valence-electron chi connectivity index (χ4n) is 0.351. The van der Waals surface area contributed by atoms with Crippen LogP contribution in [0, 0.1) is 0 Å². The summed E-state index contributed by atoms with van der Waals surface area (Å²) in [4.78, 5) is 0. The van der Waals surface area contributed by atoms with Crippen molar-refractivity contribution in [1.82, 2.24) is 0 Å². The van der Waals surface area contributed by atoms with Crippen LogP contribution in [-0.2, 0) is 4.74 Å². The summed E-state index contributed by atoms with van der Waals surface area (Å²) >= 11 is 8.96. The summed E-state index contributed by atoms with van der Waals surface area (Å²) in [7, 11) is 0. The minimum absolute atomic E-state index is 2.50. The van der Waals surface area contributed by atoms with E-state index in [1.807, 2.05) is 0 Å². The van der Waals surface area contributed by atoms with Crippen LogP contribution in [-0.4, -0.2) is 23.2 Å². The molecule has 0 saturated heterocycles. The molecule has 0 aliphatic carbocycles. The zero-order valence-electron chi connectivity index (χ0n) is 5.89. The zero-order valence-corrected chi connectivity index (χ0v) is 7.40. The van der Waals surface area contributed by atoms with Gasteiger partial charge in [-0.3, -0.25) is 4.74 Å². The van der Waals surface area contributed by atoms with Crippen LogP contribution in [0.25, 0.3) is 0 Å². The van der Waals surface area contributed by atoms with Gasteiger partial charge >= 0.3 is 18.2 Å². The second-order valence-electron chi connectivity index (χ2n) is 1.97. The first-order valence-electron chi connectivity index (χ1n) is 2.70. The van der Waals surface area contributed by atoms with Crippen molar-refractivity contribution in [3.63, 3.8) is 0 Å². The largest absolute Gasteiger partial charge is 0.462 e. The lowest BCUT2D eigenvalue weighted by atomic mass is 10.3. The van der Waals surface area contributed by atoms with Crippen molar-refractivity contribution >= 4 is 23.2 Å². The maximum Gasteiger partial charge on any atom is 0.462 e. The fourth-order valence-corrected chi connectivity index (χ4v) is 0.575. The molecule has 0 unspecified atom stereocenters. The molecule has 0 aliphatic heterocycles. The highest BCUT2D eigenvalue weighted by molar-refractivity contribution is 6.43. The van der Waals surface area contributed by atoms with E-state index >= 15 is 0 Å². The molecule has 1 nitrogen and oxygen atoms in total. The second-order valence-corrected chi connectivity index (χ2v) is 2.98. The predicted molar refractivity (Wildman–Crippen MR) is 32.5 cm³/mol. The Labute approximate surface area is 82.7 Å². The summed E-state index contributed by atoms with van der Waals surface area (Å²) in [6.07, 6.45) is -12.3. The molecular formula is C4HCl2F7O. The summed E-state index contributed by atoms with van der Waals surface area (Å²) in [5.74, 6) is -6.36. The van der Waals surface area contributed by atoms with Gasteiger partial charge in [-0.15, -0.1) is 0 Å². The molecule has 0 aromatic carbocycles. The molecule has 0 rings (SSSR count). The van der Waals surface area contributed by atoms with Crippen LogP contribution in [0.5, 0.6) is 0 Å². The number of alkyl halides is 9. The number of ether oxygens (including phenoxy) is 1. The van der Waals surface area contributed by atoms with Gasteiger partial charge in [0.05, 0.1) is 0 Å². The van der Waals surface area contributed by atoms with Gasteiger partial charge in [-0.1, -0.05) is 23.2 Å². The van der Waals surface area contributed by atoms with Crippen LogP contribution >= 0.6 is 23.2 Å². The maximum absolute atomic E-state index is 12.1. The highest BCUT2D eigenvalue weighted by Crippen LogP contribution is 2.47. The highest BCUT2D eigenvalue weighted by Gasteiger charge is 2.75. The Balaban J connectivity index is 4.88. The predicted octanol–water partition coefficient (Wildman–Crippen LogP) is 3.55. The third-order valence-electron chi connectivity index (χ3n) is 0.959. The Bertz CT molecular complexity index is 200. The average molecular weight is 269 g/mol. The highest BCUT2D eigenvalue weighted by atomic mass is 35.5.